The third-order valence-corrected chi connectivity index (χ3v) is 3.10. The Hall–Kier alpha value is -1.10. The molecule has 1 aromatic carbocycles. The van der Waals surface area contributed by atoms with Crippen LogP contribution in [-0.2, 0) is 4.74 Å². The molecule has 0 aliphatic carbocycles. The van der Waals surface area contributed by atoms with Gasteiger partial charge in [-0.05, 0) is 31.4 Å². The Morgan fingerprint density at radius 3 is 2.53 bits per heavy atom. The van der Waals surface area contributed by atoms with E-state index in [9.17, 15) is 0 Å². The molecule has 0 spiro atoms. The first kappa shape index (κ1) is 14.0. The van der Waals surface area contributed by atoms with Crippen molar-refractivity contribution in [1.82, 2.24) is 5.43 Å². The van der Waals surface area contributed by atoms with E-state index >= 15 is 0 Å². The topological polar surface area (TPSA) is 56.5 Å². The molecule has 0 saturated carbocycles. The fourth-order valence-corrected chi connectivity index (χ4v) is 1.92. The summed E-state index contributed by atoms with van der Waals surface area (Å²) < 4.78 is 10.6. The molecule has 0 aliphatic heterocycles. The highest BCUT2D eigenvalue weighted by Gasteiger charge is 2.17. The van der Waals surface area contributed by atoms with E-state index < -0.39 is 0 Å². The Labute approximate surface area is 103 Å². The maximum Gasteiger partial charge on any atom is 0.126 e. The van der Waals surface area contributed by atoms with Crippen LogP contribution in [0.2, 0.25) is 0 Å². The number of methoxy groups -OCH3 is 2. The largest absolute Gasteiger partial charge is 0.496 e. The van der Waals surface area contributed by atoms with Gasteiger partial charge >= 0.3 is 0 Å². The zero-order valence-electron chi connectivity index (χ0n) is 11.0. The van der Waals surface area contributed by atoms with Crippen LogP contribution in [0.4, 0.5) is 0 Å². The molecule has 0 bridgehead atoms. The molecular weight excluding hydrogens is 216 g/mol. The number of hydrogen-bond donors (Lipinski definition) is 2. The van der Waals surface area contributed by atoms with E-state index in [0.717, 1.165) is 23.3 Å². The van der Waals surface area contributed by atoms with Crippen molar-refractivity contribution in [3.05, 3.63) is 28.8 Å². The molecule has 0 radical (unpaired) electrons. The second-order valence-electron chi connectivity index (χ2n) is 4.13. The molecule has 0 aliphatic rings. The third kappa shape index (κ3) is 3.19. The van der Waals surface area contributed by atoms with Crippen LogP contribution in [0.15, 0.2) is 12.1 Å². The fourth-order valence-electron chi connectivity index (χ4n) is 1.92. The van der Waals surface area contributed by atoms with Crippen molar-refractivity contribution < 1.29 is 9.47 Å². The number of benzene rings is 1. The van der Waals surface area contributed by atoms with E-state index in [0.29, 0.717) is 6.61 Å². The van der Waals surface area contributed by atoms with Crippen molar-refractivity contribution in [3.63, 3.8) is 0 Å². The maximum absolute atomic E-state index is 5.60. The highest BCUT2D eigenvalue weighted by atomic mass is 16.5. The first-order valence-corrected chi connectivity index (χ1v) is 5.74. The highest BCUT2D eigenvalue weighted by molar-refractivity contribution is 5.46. The van der Waals surface area contributed by atoms with Gasteiger partial charge in [-0.3, -0.25) is 11.3 Å². The zero-order chi connectivity index (χ0) is 12.8. The molecule has 1 unspecified atom stereocenters. The van der Waals surface area contributed by atoms with Crippen LogP contribution < -0.4 is 16.0 Å². The smallest absolute Gasteiger partial charge is 0.126 e. The van der Waals surface area contributed by atoms with Crippen LogP contribution in [0.1, 0.15) is 29.2 Å². The van der Waals surface area contributed by atoms with Gasteiger partial charge in [-0.15, -0.1) is 0 Å². The molecule has 0 saturated heterocycles. The summed E-state index contributed by atoms with van der Waals surface area (Å²) >= 11 is 0. The summed E-state index contributed by atoms with van der Waals surface area (Å²) in [4.78, 5) is 0. The van der Waals surface area contributed by atoms with Crippen LogP contribution >= 0.6 is 0 Å². The summed E-state index contributed by atoms with van der Waals surface area (Å²) in [5.74, 6) is 6.50. The van der Waals surface area contributed by atoms with Gasteiger partial charge in [0.05, 0.1) is 13.2 Å². The third-order valence-electron chi connectivity index (χ3n) is 3.10. The molecule has 4 heteroatoms. The summed E-state index contributed by atoms with van der Waals surface area (Å²) in [5.41, 5.74) is 6.26. The van der Waals surface area contributed by atoms with E-state index in [1.54, 1.807) is 14.2 Å². The van der Waals surface area contributed by atoms with Crippen molar-refractivity contribution in [2.75, 3.05) is 20.8 Å². The Morgan fingerprint density at radius 1 is 1.29 bits per heavy atom. The van der Waals surface area contributed by atoms with Crippen molar-refractivity contribution >= 4 is 0 Å². The molecule has 1 rings (SSSR count). The van der Waals surface area contributed by atoms with Crippen molar-refractivity contribution in [2.24, 2.45) is 5.84 Å². The number of nitrogens with one attached hydrogen (secondary N) is 1. The van der Waals surface area contributed by atoms with Gasteiger partial charge in [0.1, 0.15) is 5.75 Å². The lowest BCUT2D eigenvalue weighted by Crippen LogP contribution is -2.29. The van der Waals surface area contributed by atoms with Gasteiger partial charge in [0, 0.05) is 19.3 Å². The number of hydrazine groups is 1. The lowest BCUT2D eigenvalue weighted by atomic mass is 9.98. The summed E-state index contributed by atoms with van der Waals surface area (Å²) in [7, 11) is 3.38. The first-order chi connectivity index (χ1) is 8.15. The number of hydrogen-bond acceptors (Lipinski definition) is 4. The summed E-state index contributed by atoms with van der Waals surface area (Å²) in [6, 6.07) is 4.19. The lowest BCUT2D eigenvalue weighted by molar-refractivity contribution is 0.182. The van der Waals surface area contributed by atoms with E-state index in [1.165, 1.54) is 5.56 Å². The second-order valence-corrected chi connectivity index (χ2v) is 4.13. The average Bonchev–Trinajstić information content (AvgIpc) is 2.34. The lowest BCUT2D eigenvalue weighted by Gasteiger charge is -2.21. The summed E-state index contributed by atoms with van der Waals surface area (Å²) in [6.45, 7) is 4.79. The van der Waals surface area contributed by atoms with Crippen LogP contribution in [0.5, 0.6) is 5.75 Å². The molecule has 3 N–H and O–H groups in total. The summed E-state index contributed by atoms with van der Waals surface area (Å²) in [5, 5.41) is 0. The maximum atomic E-state index is 5.60. The van der Waals surface area contributed by atoms with Gasteiger partial charge in [0.15, 0.2) is 0 Å². The van der Waals surface area contributed by atoms with E-state index in [4.69, 9.17) is 15.3 Å². The number of nitrogens with two attached hydrogens (primary N) is 1. The van der Waals surface area contributed by atoms with Gasteiger partial charge in [0.25, 0.3) is 0 Å². The van der Waals surface area contributed by atoms with E-state index in [-0.39, 0.29) is 6.04 Å². The quantitative estimate of drug-likeness (QED) is 0.586. The molecular formula is C13H22N2O2. The number of rotatable bonds is 6. The highest BCUT2D eigenvalue weighted by Crippen LogP contribution is 2.31. The van der Waals surface area contributed by atoms with Crippen molar-refractivity contribution in [1.29, 1.82) is 0 Å². The van der Waals surface area contributed by atoms with Gasteiger partial charge in [-0.25, -0.2) is 0 Å². The van der Waals surface area contributed by atoms with Gasteiger partial charge in [-0.2, -0.15) is 0 Å². The fraction of sp³-hybridized carbons (Fsp3) is 0.538. The minimum atomic E-state index is 0.0456. The van der Waals surface area contributed by atoms with Crippen molar-refractivity contribution in [2.45, 2.75) is 26.3 Å². The summed E-state index contributed by atoms with van der Waals surface area (Å²) in [6.07, 6.45) is 0.811. The van der Waals surface area contributed by atoms with Crippen molar-refractivity contribution in [3.8, 4) is 5.75 Å². The number of aryl methyl sites for hydroxylation is 1. The second kappa shape index (κ2) is 6.59. The average molecular weight is 238 g/mol. The predicted molar refractivity (Wildman–Crippen MR) is 69.0 cm³/mol. The Balaban J connectivity index is 3.06. The molecule has 1 atom stereocenters. The van der Waals surface area contributed by atoms with Crippen LogP contribution in [0, 0.1) is 13.8 Å². The minimum Gasteiger partial charge on any atom is -0.496 e. The van der Waals surface area contributed by atoms with Gasteiger partial charge in [0.2, 0.25) is 0 Å². The SMILES string of the molecule is COCCC(NN)c1ccc(C)c(C)c1OC. The zero-order valence-corrected chi connectivity index (χ0v) is 11.0. The first-order valence-electron chi connectivity index (χ1n) is 5.74. The Kier molecular flexibility index (Phi) is 5.41. The van der Waals surface area contributed by atoms with Gasteiger partial charge < -0.3 is 9.47 Å². The Bertz CT molecular complexity index is 367. The van der Waals surface area contributed by atoms with Crippen LogP contribution in [-0.4, -0.2) is 20.8 Å². The van der Waals surface area contributed by atoms with Gasteiger partial charge in [-0.1, -0.05) is 12.1 Å². The van der Waals surface area contributed by atoms with E-state index in [2.05, 4.69) is 31.4 Å². The van der Waals surface area contributed by atoms with Crippen LogP contribution in [0.3, 0.4) is 0 Å². The minimum absolute atomic E-state index is 0.0456. The molecule has 4 nitrogen and oxygen atoms in total. The molecule has 0 fully saturated rings. The van der Waals surface area contributed by atoms with E-state index in [1.807, 2.05) is 0 Å². The normalized spacial score (nSPS) is 12.5. The molecule has 0 aromatic heterocycles. The standard InChI is InChI=1S/C13H22N2O2/c1-9-5-6-11(13(17-4)10(9)2)12(15-14)7-8-16-3/h5-6,12,15H,7-8,14H2,1-4H3. The Morgan fingerprint density at radius 2 is 2.00 bits per heavy atom. The molecule has 0 heterocycles. The molecule has 17 heavy (non-hydrogen) atoms. The number of ether oxygens (including phenoxy) is 2. The monoisotopic (exact) mass is 238 g/mol. The molecule has 96 valence electrons. The van der Waals surface area contributed by atoms with Crippen LogP contribution in [0.25, 0.3) is 0 Å². The molecule has 0 amide bonds. The molecule has 1 aromatic rings. The predicted octanol–water partition coefficient (Wildman–Crippen LogP) is 1.85.